The molecule has 3 rings (SSSR count). The van der Waals surface area contributed by atoms with Gasteiger partial charge in [-0.15, -0.1) is 0 Å². The monoisotopic (exact) mass is 296 g/mol. The molecule has 0 atom stereocenters. The summed E-state index contributed by atoms with van der Waals surface area (Å²) in [6.07, 6.45) is 2.12. The van der Waals surface area contributed by atoms with Crippen LogP contribution < -0.4 is 10.6 Å². The minimum atomic E-state index is -0.884. The van der Waals surface area contributed by atoms with Crippen LogP contribution >= 0.6 is 0 Å². The first-order valence-corrected chi connectivity index (χ1v) is 7.61. The third-order valence-corrected chi connectivity index (χ3v) is 4.00. The Hall–Kier alpha value is -2.33. The SMILES string of the molecule is O=C(O)c1ccc(CNCCc2ccc3c(c2)CCN3)cc1. The molecule has 4 heteroatoms. The summed E-state index contributed by atoms with van der Waals surface area (Å²) in [5.74, 6) is -0.884. The van der Waals surface area contributed by atoms with Crippen molar-refractivity contribution in [2.45, 2.75) is 19.4 Å². The second-order valence-electron chi connectivity index (χ2n) is 5.60. The van der Waals surface area contributed by atoms with E-state index < -0.39 is 5.97 Å². The van der Waals surface area contributed by atoms with Crippen LogP contribution in [-0.4, -0.2) is 24.2 Å². The van der Waals surface area contributed by atoms with E-state index in [9.17, 15) is 4.79 Å². The Morgan fingerprint density at radius 1 is 1.14 bits per heavy atom. The van der Waals surface area contributed by atoms with Gasteiger partial charge in [-0.25, -0.2) is 4.79 Å². The number of nitrogens with one attached hydrogen (secondary N) is 2. The molecule has 2 aromatic rings. The van der Waals surface area contributed by atoms with Crippen molar-refractivity contribution in [3.63, 3.8) is 0 Å². The number of rotatable bonds is 6. The van der Waals surface area contributed by atoms with Crippen LogP contribution in [0.2, 0.25) is 0 Å². The van der Waals surface area contributed by atoms with Crippen LogP contribution in [0.5, 0.6) is 0 Å². The molecule has 1 aliphatic rings. The van der Waals surface area contributed by atoms with E-state index in [1.807, 2.05) is 12.1 Å². The van der Waals surface area contributed by atoms with Crippen molar-refractivity contribution in [1.29, 1.82) is 0 Å². The Balaban J connectivity index is 1.46. The number of hydrogen-bond donors (Lipinski definition) is 3. The Morgan fingerprint density at radius 2 is 1.91 bits per heavy atom. The lowest BCUT2D eigenvalue weighted by molar-refractivity contribution is 0.0697. The summed E-state index contributed by atoms with van der Waals surface area (Å²) in [6.45, 7) is 2.71. The summed E-state index contributed by atoms with van der Waals surface area (Å²) >= 11 is 0. The van der Waals surface area contributed by atoms with Crippen LogP contribution in [0.15, 0.2) is 42.5 Å². The van der Waals surface area contributed by atoms with Gasteiger partial charge in [-0.3, -0.25) is 0 Å². The third-order valence-electron chi connectivity index (χ3n) is 4.00. The van der Waals surface area contributed by atoms with Gasteiger partial charge in [-0.2, -0.15) is 0 Å². The molecule has 0 aliphatic carbocycles. The van der Waals surface area contributed by atoms with E-state index in [4.69, 9.17) is 5.11 Å². The van der Waals surface area contributed by atoms with Gasteiger partial charge in [-0.1, -0.05) is 24.3 Å². The lowest BCUT2D eigenvalue weighted by Gasteiger charge is -2.07. The minimum absolute atomic E-state index is 0.329. The number of carboxylic acid groups (broad SMARTS) is 1. The molecule has 3 N–H and O–H groups in total. The fourth-order valence-corrected chi connectivity index (χ4v) is 2.74. The van der Waals surface area contributed by atoms with Gasteiger partial charge >= 0.3 is 5.97 Å². The number of carbonyl (C=O) groups is 1. The maximum absolute atomic E-state index is 10.8. The zero-order chi connectivity index (χ0) is 15.4. The number of hydrogen-bond acceptors (Lipinski definition) is 3. The van der Waals surface area contributed by atoms with E-state index in [0.717, 1.165) is 38.0 Å². The molecule has 0 saturated carbocycles. The molecule has 0 amide bonds. The molecule has 4 nitrogen and oxygen atoms in total. The van der Waals surface area contributed by atoms with Gasteiger partial charge in [0, 0.05) is 18.8 Å². The average Bonchev–Trinajstić information content (AvgIpc) is 2.99. The van der Waals surface area contributed by atoms with Crippen molar-refractivity contribution in [3.8, 4) is 0 Å². The quantitative estimate of drug-likeness (QED) is 0.717. The summed E-state index contributed by atoms with van der Waals surface area (Å²) < 4.78 is 0. The Bertz CT molecular complexity index is 665. The topological polar surface area (TPSA) is 61.4 Å². The molecule has 0 fully saturated rings. The molecule has 0 spiro atoms. The molecular weight excluding hydrogens is 276 g/mol. The highest BCUT2D eigenvalue weighted by Crippen LogP contribution is 2.23. The molecule has 0 bridgehead atoms. The van der Waals surface area contributed by atoms with Gasteiger partial charge in [0.2, 0.25) is 0 Å². The Labute approximate surface area is 130 Å². The number of anilines is 1. The van der Waals surface area contributed by atoms with E-state index in [2.05, 4.69) is 28.8 Å². The fraction of sp³-hybridized carbons (Fsp3) is 0.278. The maximum Gasteiger partial charge on any atom is 0.335 e. The summed E-state index contributed by atoms with van der Waals surface area (Å²) in [5, 5.41) is 15.6. The van der Waals surface area contributed by atoms with E-state index >= 15 is 0 Å². The van der Waals surface area contributed by atoms with Crippen LogP contribution in [-0.2, 0) is 19.4 Å². The summed E-state index contributed by atoms with van der Waals surface area (Å²) in [4.78, 5) is 10.8. The van der Waals surface area contributed by atoms with Crippen LogP contribution in [0.4, 0.5) is 5.69 Å². The molecule has 0 aromatic heterocycles. The first kappa shape index (κ1) is 14.6. The van der Waals surface area contributed by atoms with Gasteiger partial charge in [0.05, 0.1) is 5.56 Å². The molecule has 2 aromatic carbocycles. The third kappa shape index (κ3) is 3.46. The second kappa shape index (κ2) is 6.62. The summed E-state index contributed by atoms with van der Waals surface area (Å²) in [5.41, 5.74) is 5.48. The number of benzene rings is 2. The summed E-state index contributed by atoms with van der Waals surface area (Å²) in [7, 11) is 0. The van der Waals surface area contributed by atoms with Crippen LogP contribution in [0.1, 0.15) is 27.0 Å². The van der Waals surface area contributed by atoms with Crippen molar-refractivity contribution in [3.05, 3.63) is 64.7 Å². The zero-order valence-electron chi connectivity index (χ0n) is 12.4. The highest BCUT2D eigenvalue weighted by atomic mass is 16.4. The first-order chi connectivity index (χ1) is 10.7. The minimum Gasteiger partial charge on any atom is -0.478 e. The van der Waals surface area contributed by atoms with E-state index in [0.29, 0.717) is 5.56 Å². The van der Waals surface area contributed by atoms with E-state index in [1.54, 1.807) is 12.1 Å². The maximum atomic E-state index is 10.8. The van der Waals surface area contributed by atoms with Crippen LogP contribution in [0.25, 0.3) is 0 Å². The van der Waals surface area contributed by atoms with Gasteiger partial charge in [0.1, 0.15) is 0 Å². The van der Waals surface area contributed by atoms with Crippen LogP contribution in [0, 0.1) is 0 Å². The van der Waals surface area contributed by atoms with E-state index in [-0.39, 0.29) is 0 Å². The predicted molar refractivity (Wildman–Crippen MR) is 87.4 cm³/mol. The first-order valence-electron chi connectivity index (χ1n) is 7.61. The zero-order valence-corrected chi connectivity index (χ0v) is 12.4. The van der Waals surface area contributed by atoms with Crippen molar-refractivity contribution in [2.75, 3.05) is 18.4 Å². The van der Waals surface area contributed by atoms with Crippen molar-refractivity contribution >= 4 is 11.7 Å². The standard InChI is InChI=1S/C18H20N2O2/c21-18(22)15-4-1-14(2-5-15)12-19-9-7-13-3-6-17-16(11-13)8-10-20-17/h1-6,11,19-20H,7-10,12H2,(H,21,22). The molecular formula is C18H20N2O2. The van der Waals surface area contributed by atoms with Crippen LogP contribution in [0.3, 0.4) is 0 Å². The summed E-state index contributed by atoms with van der Waals surface area (Å²) in [6, 6.07) is 13.6. The molecule has 114 valence electrons. The lowest BCUT2D eigenvalue weighted by Crippen LogP contribution is -2.16. The smallest absolute Gasteiger partial charge is 0.335 e. The molecule has 0 unspecified atom stereocenters. The van der Waals surface area contributed by atoms with E-state index in [1.165, 1.54) is 16.8 Å². The number of aromatic carboxylic acids is 1. The predicted octanol–water partition coefficient (Wildman–Crippen LogP) is 2.69. The fourth-order valence-electron chi connectivity index (χ4n) is 2.74. The van der Waals surface area contributed by atoms with Gasteiger partial charge in [-0.05, 0) is 54.3 Å². The van der Waals surface area contributed by atoms with Crippen molar-refractivity contribution in [1.82, 2.24) is 5.32 Å². The highest BCUT2D eigenvalue weighted by Gasteiger charge is 2.09. The number of carboxylic acids is 1. The molecule has 0 radical (unpaired) electrons. The van der Waals surface area contributed by atoms with Gasteiger partial charge < -0.3 is 15.7 Å². The largest absolute Gasteiger partial charge is 0.478 e. The Kier molecular flexibility index (Phi) is 4.39. The number of fused-ring (bicyclic) bond motifs is 1. The molecule has 1 aliphatic heterocycles. The molecule has 22 heavy (non-hydrogen) atoms. The highest BCUT2D eigenvalue weighted by molar-refractivity contribution is 5.87. The normalized spacial score (nSPS) is 12.7. The van der Waals surface area contributed by atoms with Crippen molar-refractivity contribution < 1.29 is 9.90 Å². The average molecular weight is 296 g/mol. The van der Waals surface area contributed by atoms with Gasteiger partial charge in [0.15, 0.2) is 0 Å². The molecule has 1 heterocycles. The Morgan fingerprint density at radius 3 is 2.68 bits per heavy atom. The van der Waals surface area contributed by atoms with Crippen molar-refractivity contribution in [2.24, 2.45) is 0 Å². The van der Waals surface area contributed by atoms with Gasteiger partial charge in [0.25, 0.3) is 0 Å². The molecule has 0 saturated heterocycles. The second-order valence-corrected chi connectivity index (χ2v) is 5.60. The lowest BCUT2D eigenvalue weighted by atomic mass is 10.1.